The van der Waals surface area contributed by atoms with Crippen LogP contribution >= 0.6 is 0 Å². The summed E-state index contributed by atoms with van der Waals surface area (Å²) in [5.41, 5.74) is 8.13. The number of hydrogen-bond donors (Lipinski definition) is 1. The van der Waals surface area contributed by atoms with Crippen LogP contribution in [0.3, 0.4) is 0 Å². The second kappa shape index (κ2) is 9.86. The molecular formula is C25H26FN5O3. The lowest BCUT2D eigenvalue weighted by Crippen LogP contribution is -2.39. The molecule has 8 nitrogen and oxygen atoms in total. The minimum Gasteiger partial charge on any atom is -0.364 e. The summed E-state index contributed by atoms with van der Waals surface area (Å²) in [5, 5.41) is 4.28. The fourth-order valence-electron chi connectivity index (χ4n) is 4.17. The summed E-state index contributed by atoms with van der Waals surface area (Å²) < 4.78 is 14.8. The number of amides is 3. The van der Waals surface area contributed by atoms with Gasteiger partial charge in [-0.25, -0.2) is 9.07 Å². The van der Waals surface area contributed by atoms with Gasteiger partial charge in [-0.3, -0.25) is 14.4 Å². The molecule has 34 heavy (non-hydrogen) atoms. The van der Waals surface area contributed by atoms with Crippen molar-refractivity contribution in [2.75, 3.05) is 22.9 Å². The number of anilines is 2. The van der Waals surface area contributed by atoms with Crippen molar-refractivity contribution < 1.29 is 18.8 Å². The topological polar surface area (TPSA) is 102 Å². The summed E-state index contributed by atoms with van der Waals surface area (Å²) in [6, 6.07) is 12.7. The van der Waals surface area contributed by atoms with Crippen LogP contribution in [0.5, 0.6) is 0 Å². The lowest BCUT2D eigenvalue weighted by molar-refractivity contribution is -0.107. The van der Waals surface area contributed by atoms with Gasteiger partial charge >= 0.3 is 0 Å². The first-order valence-electron chi connectivity index (χ1n) is 11.3. The van der Waals surface area contributed by atoms with Crippen molar-refractivity contribution in [3.8, 4) is 5.69 Å². The average Bonchev–Trinajstić information content (AvgIpc) is 3.24. The third-order valence-electron chi connectivity index (χ3n) is 5.94. The van der Waals surface area contributed by atoms with E-state index in [1.165, 1.54) is 28.9 Å². The molecule has 0 bridgehead atoms. The van der Waals surface area contributed by atoms with Crippen molar-refractivity contribution in [2.45, 2.75) is 32.6 Å². The van der Waals surface area contributed by atoms with Crippen LogP contribution in [0, 0.1) is 5.82 Å². The van der Waals surface area contributed by atoms with E-state index in [1.54, 1.807) is 21.9 Å². The van der Waals surface area contributed by atoms with Gasteiger partial charge in [0, 0.05) is 30.0 Å². The van der Waals surface area contributed by atoms with Crippen molar-refractivity contribution >= 4 is 29.6 Å². The molecule has 2 aromatic carbocycles. The molecule has 0 spiro atoms. The zero-order valence-corrected chi connectivity index (χ0v) is 18.9. The van der Waals surface area contributed by atoms with E-state index in [0.29, 0.717) is 36.4 Å². The molecule has 176 valence electrons. The number of rotatable bonds is 9. The second-order valence-corrected chi connectivity index (χ2v) is 8.16. The second-order valence-electron chi connectivity index (χ2n) is 8.16. The first-order valence-corrected chi connectivity index (χ1v) is 11.3. The highest BCUT2D eigenvalue weighted by atomic mass is 19.1. The van der Waals surface area contributed by atoms with E-state index < -0.39 is 11.7 Å². The van der Waals surface area contributed by atoms with Gasteiger partial charge in [-0.1, -0.05) is 19.8 Å². The molecular weight excluding hydrogens is 437 g/mol. The molecule has 4 rings (SSSR count). The SMILES string of the molecule is CCCCCN(C=O)c1ccc(N2CCc3c(C(N)=O)nn(-c4ccc(F)cc4)c3C2=O)cc1. The molecule has 2 heterocycles. The maximum absolute atomic E-state index is 13.5. The van der Waals surface area contributed by atoms with Crippen molar-refractivity contribution in [3.63, 3.8) is 0 Å². The average molecular weight is 464 g/mol. The van der Waals surface area contributed by atoms with Gasteiger partial charge < -0.3 is 15.5 Å². The lowest BCUT2D eigenvalue weighted by Gasteiger charge is -2.28. The number of primary amides is 1. The molecule has 3 aromatic rings. The van der Waals surface area contributed by atoms with Crippen LogP contribution in [-0.4, -0.2) is 41.1 Å². The summed E-state index contributed by atoms with van der Waals surface area (Å²) in [6.45, 7) is 3.08. The van der Waals surface area contributed by atoms with E-state index in [1.807, 2.05) is 12.1 Å². The molecule has 0 fully saturated rings. The summed E-state index contributed by atoms with van der Waals surface area (Å²) in [5.74, 6) is -1.49. The zero-order chi connectivity index (χ0) is 24.2. The maximum Gasteiger partial charge on any atom is 0.277 e. The molecule has 0 saturated heterocycles. The zero-order valence-electron chi connectivity index (χ0n) is 18.9. The number of nitrogens with two attached hydrogens (primary N) is 1. The van der Waals surface area contributed by atoms with Crippen molar-refractivity contribution in [1.29, 1.82) is 0 Å². The summed E-state index contributed by atoms with van der Waals surface area (Å²) in [4.78, 5) is 40.3. The Morgan fingerprint density at radius 3 is 2.41 bits per heavy atom. The van der Waals surface area contributed by atoms with E-state index in [2.05, 4.69) is 12.0 Å². The van der Waals surface area contributed by atoms with E-state index >= 15 is 0 Å². The smallest absolute Gasteiger partial charge is 0.277 e. The van der Waals surface area contributed by atoms with Crippen LogP contribution < -0.4 is 15.5 Å². The van der Waals surface area contributed by atoms with Gasteiger partial charge in [-0.05, 0) is 61.4 Å². The Kier molecular flexibility index (Phi) is 6.72. The maximum atomic E-state index is 13.5. The van der Waals surface area contributed by atoms with Gasteiger partial charge in [-0.2, -0.15) is 5.10 Å². The highest BCUT2D eigenvalue weighted by molar-refractivity contribution is 6.09. The molecule has 1 aromatic heterocycles. The van der Waals surface area contributed by atoms with Gasteiger partial charge in [-0.15, -0.1) is 0 Å². The number of benzene rings is 2. The van der Waals surface area contributed by atoms with Crippen molar-refractivity contribution in [3.05, 3.63) is 71.3 Å². The minimum atomic E-state index is -0.722. The van der Waals surface area contributed by atoms with Gasteiger partial charge in [0.15, 0.2) is 5.69 Å². The molecule has 3 amide bonds. The Labute approximate surface area is 196 Å². The molecule has 0 radical (unpaired) electrons. The number of carbonyl (C=O) groups is 3. The Bertz CT molecular complexity index is 1200. The predicted octanol–water partition coefficient (Wildman–Crippen LogP) is 3.47. The Morgan fingerprint density at radius 2 is 1.79 bits per heavy atom. The van der Waals surface area contributed by atoms with Gasteiger partial charge in [0.2, 0.25) is 6.41 Å². The van der Waals surface area contributed by atoms with Crippen LogP contribution in [0.4, 0.5) is 15.8 Å². The molecule has 1 aliphatic rings. The number of aromatic nitrogens is 2. The van der Waals surface area contributed by atoms with Crippen LogP contribution in [0.2, 0.25) is 0 Å². The number of carbonyl (C=O) groups excluding carboxylic acids is 3. The fraction of sp³-hybridized carbons (Fsp3) is 0.280. The normalized spacial score (nSPS) is 13.0. The third kappa shape index (κ3) is 4.41. The third-order valence-corrected chi connectivity index (χ3v) is 5.94. The van der Waals surface area contributed by atoms with Crippen LogP contribution in [-0.2, 0) is 11.2 Å². The van der Waals surface area contributed by atoms with E-state index in [4.69, 9.17) is 5.73 Å². The number of fused-ring (bicyclic) bond motifs is 1. The first kappa shape index (κ1) is 23.2. The molecule has 1 aliphatic heterocycles. The Balaban J connectivity index is 1.65. The van der Waals surface area contributed by atoms with Gasteiger partial charge in [0.1, 0.15) is 11.5 Å². The van der Waals surface area contributed by atoms with Crippen molar-refractivity contribution in [1.82, 2.24) is 9.78 Å². The van der Waals surface area contributed by atoms with Crippen molar-refractivity contribution in [2.24, 2.45) is 5.73 Å². The molecule has 0 saturated carbocycles. The van der Waals surface area contributed by atoms with E-state index in [9.17, 15) is 18.8 Å². The molecule has 0 atom stereocenters. The fourth-order valence-corrected chi connectivity index (χ4v) is 4.17. The quantitative estimate of drug-likeness (QED) is 0.388. The predicted molar refractivity (Wildman–Crippen MR) is 127 cm³/mol. The largest absolute Gasteiger partial charge is 0.364 e. The number of halogens is 1. The molecule has 9 heteroatoms. The summed E-state index contributed by atoms with van der Waals surface area (Å²) in [7, 11) is 0. The number of unbranched alkanes of at least 4 members (excludes halogenated alkanes) is 2. The van der Waals surface area contributed by atoms with E-state index in [0.717, 1.165) is 31.4 Å². The Morgan fingerprint density at radius 1 is 1.12 bits per heavy atom. The highest BCUT2D eigenvalue weighted by Gasteiger charge is 2.34. The van der Waals surface area contributed by atoms with Gasteiger partial charge in [0.25, 0.3) is 11.8 Å². The molecule has 0 aliphatic carbocycles. The van der Waals surface area contributed by atoms with Crippen LogP contribution in [0.15, 0.2) is 48.5 Å². The summed E-state index contributed by atoms with van der Waals surface area (Å²) in [6.07, 6.45) is 4.23. The van der Waals surface area contributed by atoms with E-state index in [-0.39, 0.29) is 17.3 Å². The number of hydrogen-bond acceptors (Lipinski definition) is 4. The van der Waals surface area contributed by atoms with Gasteiger partial charge in [0.05, 0.1) is 5.69 Å². The molecule has 2 N–H and O–H groups in total. The standard InChI is InChI=1S/C25H26FN5O3/c1-2-3-4-14-29(16-32)18-9-11-19(12-10-18)30-15-13-21-22(24(27)33)28-31(23(21)25(30)34)20-7-5-17(26)6-8-20/h5-12,16H,2-4,13-15H2,1H3,(H2,27,33). The highest BCUT2D eigenvalue weighted by Crippen LogP contribution is 2.30. The number of nitrogens with zero attached hydrogens (tertiary/aromatic N) is 4. The monoisotopic (exact) mass is 463 g/mol. The first-order chi connectivity index (χ1) is 16.4. The Hall–Kier alpha value is -4.01. The lowest BCUT2D eigenvalue weighted by atomic mass is 10.0. The van der Waals surface area contributed by atoms with Crippen LogP contribution in [0.25, 0.3) is 5.69 Å². The minimum absolute atomic E-state index is 0.0383. The molecule has 0 unspecified atom stereocenters. The van der Waals surface area contributed by atoms with Crippen LogP contribution in [0.1, 0.15) is 52.7 Å². The summed E-state index contributed by atoms with van der Waals surface area (Å²) >= 11 is 0.